The summed E-state index contributed by atoms with van der Waals surface area (Å²) in [5, 5.41) is 3.62. The number of hydrogen-bond donors (Lipinski definition) is 1. The molecule has 2 aliphatic rings. The van der Waals surface area contributed by atoms with E-state index in [1.165, 1.54) is 31.4 Å². The highest BCUT2D eigenvalue weighted by Gasteiger charge is 2.30. The van der Waals surface area contributed by atoms with Gasteiger partial charge in [-0.25, -0.2) is 4.98 Å². The fourth-order valence-electron chi connectivity index (χ4n) is 2.64. The number of anilines is 1. The molecule has 2 heterocycles. The molecule has 2 aromatic rings. The fourth-order valence-corrected chi connectivity index (χ4v) is 2.64. The first-order valence-corrected chi connectivity index (χ1v) is 7.25. The monoisotopic (exact) mass is 256 g/mol. The molecule has 4 heteroatoms. The Hall–Kier alpha value is -1.55. The van der Waals surface area contributed by atoms with Gasteiger partial charge in [0.15, 0.2) is 5.82 Å². The van der Waals surface area contributed by atoms with E-state index in [9.17, 15) is 0 Å². The van der Waals surface area contributed by atoms with Crippen molar-refractivity contribution >= 4 is 11.5 Å². The summed E-state index contributed by atoms with van der Waals surface area (Å²) in [6.45, 7) is 0.919. The molecule has 1 N–H and O–H groups in total. The van der Waals surface area contributed by atoms with Crippen LogP contribution < -0.4 is 10.2 Å². The first-order valence-electron chi connectivity index (χ1n) is 7.25. The van der Waals surface area contributed by atoms with Gasteiger partial charge >= 0.3 is 0 Å². The van der Waals surface area contributed by atoms with E-state index in [2.05, 4.69) is 46.1 Å². The van der Waals surface area contributed by atoms with Gasteiger partial charge in [-0.2, -0.15) is 0 Å². The predicted molar refractivity (Wildman–Crippen MR) is 76.5 cm³/mol. The molecule has 0 aromatic carbocycles. The standard InChI is InChI=1S/C15H20N4/c1-18(12-7-8-12)15-13(10-16-11-5-6-11)19-9-3-2-4-14(19)17-15/h2-4,9,11-12,16H,5-8,10H2,1H3. The lowest BCUT2D eigenvalue weighted by Crippen LogP contribution is -2.24. The maximum atomic E-state index is 4.82. The van der Waals surface area contributed by atoms with Crippen molar-refractivity contribution in [3.05, 3.63) is 30.1 Å². The first kappa shape index (κ1) is 11.3. The van der Waals surface area contributed by atoms with Gasteiger partial charge in [0.1, 0.15) is 5.65 Å². The van der Waals surface area contributed by atoms with E-state index in [4.69, 9.17) is 4.98 Å². The smallest absolute Gasteiger partial charge is 0.152 e. The number of nitrogens with one attached hydrogen (secondary N) is 1. The van der Waals surface area contributed by atoms with E-state index in [0.717, 1.165) is 24.1 Å². The van der Waals surface area contributed by atoms with Gasteiger partial charge in [0.2, 0.25) is 0 Å². The van der Waals surface area contributed by atoms with Crippen LogP contribution in [0.4, 0.5) is 5.82 Å². The molecule has 0 unspecified atom stereocenters. The Morgan fingerprint density at radius 1 is 1.32 bits per heavy atom. The SMILES string of the molecule is CN(c1nc2ccccn2c1CNC1CC1)C1CC1. The van der Waals surface area contributed by atoms with Crippen LogP contribution >= 0.6 is 0 Å². The highest BCUT2D eigenvalue weighted by molar-refractivity contribution is 5.56. The molecule has 0 atom stereocenters. The van der Waals surface area contributed by atoms with Crippen LogP contribution in [0.15, 0.2) is 24.4 Å². The molecule has 0 amide bonds. The number of imidazole rings is 1. The summed E-state index contributed by atoms with van der Waals surface area (Å²) >= 11 is 0. The van der Waals surface area contributed by atoms with Crippen LogP contribution in [0.25, 0.3) is 5.65 Å². The van der Waals surface area contributed by atoms with Crippen molar-refractivity contribution in [3.63, 3.8) is 0 Å². The van der Waals surface area contributed by atoms with Crippen molar-refractivity contribution in [1.29, 1.82) is 0 Å². The predicted octanol–water partition coefficient (Wildman–Crippen LogP) is 2.18. The topological polar surface area (TPSA) is 32.6 Å². The average molecular weight is 256 g/mol. The van der Waals surface area contributed by atoms with E-state index in [1.807, 2.05) is 0 Å². The third-order valence-corrected chi connectivity index (χ3v) is 4.17. The Morgan fingerprint density at radius 2 is 2.16 bits per heavy atom. The highest BCUT2D eigenvalue weighted by atomic mass is 15.3. The molecule has 0 radical (unpaired) electrons. The quantitative estimate of drug-likeness (QED) is 0.890. The molecule has 4 nitrogen and oxygen atoms in total. The Balaban J connectivity index is 1.72. The second-order valence-electron chi connectivity index (χ2n) is 5.81. The summed E-state index contributed by atoms with van der Waals surface area (Å²) in [4.78, 5) is 7.18. The fraction of sp³-hybridized carbons (Fsp3) is 0.533. The number of hydrogen-bond acceptors (Lipinski definition) is 3. The molecule has 0 aliphatic heterocycles. The highest BCUT2D eigenvalue weighted by Crippen LogP contribution is 2.32. The maximum Gasteiger partial charge on any atom is 0.152 e. The van der Waals surface area contributed by atoms with Gasteiger partial charge in [-0.3, -0.25) is 0 Å². The molecule has 19 heavy (non-hydrogen) atoms. The molecule has 2 fully saturated rings. The second kappa shape index (κ2) is 4.23. The zero-order chi connectivity index (χ0) is 12.8. The van der Waals surface area contributed by atoms with Gasteiger partial charge in [0.25, 0.3) is 0 Å². The summed E-state index contributed by atoms with van der Waals surface area (Å²) < 4.78 is 2.23. The molecule has 0 saturated heterocycles. The summed E-state index contributed by atoms with van der Waals surface area (Å²) in [6, 6.07) is 7.65. The molecule has 0 spiro atoms. The van der Waals surface area contributed by atoms with Crippen molar-refractivity contribution < 1.29 is 0 Å². The number of rotatable bonds is 5. The molecule has 100 valence electrons. The van der Waals surface area contributed by atoms with Crippen molar-refractivity contribution in [2.45, 2.75) is 44.3 Å². The lowest BCUT2D eigenvalue weighted by molar-refractivity contribution is 0.668. The van der Waals surface area contributed by atoms with Crippen LogP contribution in [0.2, 0.25) is 0 Å². The van der Waals surface area contributed by atoms with Crippen molar-refractivity contribution in [1.82, 2.24) is 14.7 Å². The van der Waals surface area contributed by atoms with E-state index in [0.29, 0.717) is 6.04 Å². The molecule has 4 rings (SSSR count). The van der Waals surface area contributed by atoms with Crippen molar-refractivity contribution in [2.75, 3.05) is 11.9 Å². The van der Waals surface area contributed by atoms with Crippen LogP contribution in [0.3, 0.4) is 0 Å². The number of pyridine rings is 1. The van der Waals surface area contributed by atoms with Gasteiger partial charge < -0.3 is 14.6 Å². The zero-order valence-electron chi connectivity index (χ0n) is 11.3. The molecular formula is C15H20N4. The zero-order valence-corrected chi connectivity index (χ0v) is 11.3. The lowest BCUT2D eigenvalue weighted by atomic mass is 10.3. The first-order chi connectivity index (χ1) is 9.33. The van der Waals surface area contributed by atoms with Crippen LogP contribution in [0.1, 0.15) is 31.4 Å². The number of fused-ring (bicyclic) bond motifs is 1. The third kappa shape index (κ3) is 2.10. The summed E-state index contributed by atoms with van der Waals surface area (Å²) in [5.74, 6) is 1.15. The molecule has 0 bridgehead atoms. The van der Waals surface area contributed by atoms with Gasteiger partial charge in [0, 0.05) is 31.9 Å². The molecular weight excluding hydrogens is 236 g/mol. The summed E-state index contributed by atoms with van der Waals surface area (Å²) in [7, 11) is 2.18. The van der Waals surface area contributed by atoms with Gasteiger partial charge in [0.05, 0.1) is 5.69 Å². The Labute approximate surface area is 113 Å². The van der Waals surface area contributed by atoms with Gasteiger partial charge in [-0.15, -0.1) is 0 Å². The Kier molecular flexibility index (Phi) is 2.52. The molecule has 2 saturated carbocycles. The number of nitrogens with zero attached hydrogens (tertiary/aromatic N) is 3. The normalized spacial score (nSPS) is 19.0. The van der Waals surface area contributed by atoms with Crippen LogP contribution in [-0.2, 0) is 6.54 Å². The molecule has 2 aliphatic carbocycles. The van der Waals surface area contributed by atoms with Gasteiger partial charge in [-0.05, 0) is 37.8 Å². The van der Waals surface area contributed by atoms with Crippen LogP contribution in [0.5, 0.6) is 0 Å². The van der Waals surface area contributed by atoms with E-state index < -0.39 is 0 Å². The minimum Gasteiger partial charge on any atom is -0.355 e. The second-order valence-corrected chi connectivity index (χ2v) is 5.81. The Morgan fingerprint density at radius 3 is 2.89 bits per heavy atom. The third-order valence-electron chi connectivity index (χ3n) is 4.17. The van der Waals surface area contributed by atoms with Crippen LogP contribution in [0, 0.1) is 0 Å². The summed E-state index contributed by atoms with van der Waals surface area (Å²) in [6.07, 6.45) is 7.38. The van der Waals surface area contributed by atoms with E-state index in [1.54, 1.807) is 0 Å². The van der Waals surface area contributed by atoms with Crippen LogP contribution in [-0.4, -0.2) is 28.5 Å². The minimum absolute atomic E-state index is 0.699. The molecule has 2 aromatic heterocycles. The average Bonchev–Trinajstić information content (AvgIpc) is 3.31. The van der Waals surface area contributed by atoms with E-state index >= 15 is 0 Å². The lowest BCUT2D eigenvalue weighted by Gasteiger charge is -2.17. The minimum atomic E-state index is 0.699. The largest absolute Gasteiger partial charge is 0.355 e. The van der Waals surface area contributed by atoms with Crippen molar-refractivity contribution in [3.8, 4) is 0 Å². The Bertz CT molecular complexity index is 595. The van der Waals surface area contributed by atoms with Gasteiger partial charge in [-0.1, -0.05) is 6.07 Å². The number of aromatic nitrogens is 2. The van der Waals surface area contributed by atoms with Crippen molar-refractivity contribution in [2.24, 2.45) is 0 Å². The van der Waals surface area contributed by atoms with E-state index in [-0.39, 0.29) is 0 Å². The maximum absolute atomic E-state index is 4.82. The summed E-state index contributed by atoms with van der Waals surface area (Å²) in [5.41, 5.74) is 2.36.